The number of H-pyrrole nitrogens is 1. The summed E-state index contributed by atoms with van der Waals surface area (Å²) in [4.78, 5) is 28.4. The zero-order valence-corrected chi connectivity index (χ0v) is 13.4. The molecule has 0 aromatic carbocycles. The van der Waals surface area contributed by atoms with E-state index >= 15 is 0 Å². The number of urea groups is 1. The van der Waals surface area contributed by atoms with Crippen LogP contribution >= 0.6 is 0 Å². The number of amides is 2. The third-order valence-electron chi connectivity index (χ3n) is 4.94. The quantitative estimate of drug-likeness (QED) is 0.900. The first kappa shape index (κ1) is 14.3. The third kappa shape index (κ3) is 2.40. The van der Waals surface area contributed by atoms with Crippen molar-refractivity contribution in [3.63, 3.8) is 0 Å². The average molecular weight is 314 g/mol. The molecule has 1 unspecified atom stereocenters. The van der Waals surface area contributed by atoms with Crippen LogP contribution in [-0.4, -0.2) is 58.1 Å². The number of nitrogens with one attached hydrogen (secondary N) is 2. The molecule has 4 rings (SSSR count). The first-order valence-electron chi connectivity index (χ1n) is 8.38. The van der Waals surface area contributed by atoms with E-state index in [1.807, 2.05) is 11.1 Å². The number of aromatic nitrogens is 3. The topological polar surface area (TPSA) is 77.2 Å². The van der Waals surface area contributed by atoms with Crippen molar-refractivity contribution in [3.8, 4) is 0 Å². The molecule has 4 heterocycles. The lowest BCUT2D eigenvalue weighted by atomic mass is 10.0. The van der Waals surface area contributed by atoms with Crippen molar-refractivity contribution in [1.29, 1.82) is 0 Å². The lowest BCUT2D eigenvalue weighted by Crippen LogP contribution is -2.49. The fraction of sp³-hybridized carbons (Fsp3) is 0.562. The van der Waals surface area contributed by atoms with Gasteiger partial charge in [0.2, 0.25) is 0 Å². The fourth-order valence-corrected chi connectivity index (χ4v) is 3.76. The molecule has 2 N–H and O–H groups in total. The van der Waals surface area contributed by atoms with Crippen molar-refractivity contribution in [2.45, 2.75) is 32.2 Å². The number of fused-ring (bicyclic) bond motifs is 1. The van der Waals surface area contributed by atoms with Crippen LogP contribution in [-0.2, 0) is 6.42 Å². The Morgan fingerprint density at radius 3 is 3.04 bits per heavy atom. The van der Waals surface area contributed by atoms with Gasteiger partial charge in [-0.25, -0.2) is 14.8 Å². The van der Waals surface area contributed by atoms with Crippen LogP contribution in [0, 0.1) is 0 Å². The van der Waals surface area contributed by atoms with Gasteiger partial charge in [-0.15, -0.1) is 0 Å². The molecule has 2 aliphatic heterocycles. The number of carbonyl (C=O) groups excluding carboxylic acids is 1. The van der Waals surface area contributed by atoms with Crippen LogP contribution in [0.25, 0.3) is 11.0 Å². The summed E-state index contributed by atoms with van der Waals surface area (Å²) >= 11 is 0. The Balaban J connectivity index is 1.65. The number of carbonyl (C=O) groups is 1. The highest BCUT2D eigenvalue weighted by molar-refractivity contribution is 5.91. The molecule has 7 heteroatoms. The fourth-order valence-electron chi connectivity index (χ4n) is 3.76. The Morgan fingerprint density at radius 2 is 2.26 bits per heavy atom. The molecule has 122 valence electrons. The van der Waals surface area contributed by atoms with Crippen LogP contribution in [0.4, 0.5) is 10.6 Å². The van der Waals surface area contributed by atoms with Crippen molar-refractivity contribution < 1.29 is 4.79 Å². The van der Waals surface area contributed by atoms with Gasteiger partial charge in [-0.2, -0.15) is 0 Å². The number of aromatic amines is 1. The number of anilines is 1. The number of piperidine rings is 1. The second kappa shape index (κ2) is 5.72. The standard InChI is InChI=1S/C16H22N6O/c1-2-11-8-18-14-13(11)15(20-10-19-14)21-6-3-4-12(9-21)22-7-5-17-16(22)23/h8,10,12H,2-7,9H2,1H3,(H,17,23)(H,18,19,20). The van der Waals surface area contributed by atoms with Crippen LogP contribution in [0.15, 0.2) is 12.5 Å². The van der Waals surface area contributed by atoms with E-state index in [1.165, 1.54) is 5.56 Å². The van der Waals surface area contributed by atoms with Crippen molar-refractivity contribution in [1.82, 2.24) is 25.2 Å². The van der Waals surface area contributed by atoms with Gasteiger partial charge in [-0.05, 0) is 24.8 Å². The summed E-state index contributed by atoms with van der Waals surface area (Å²) in [5.74, 6) is 0.998. The summed E-state index contributed by atoms with van der Waals surface area (Å²) in [6, 6.07) is 0.334. The normalized spacial score (nSPS) is 22.0. The molecule has 0 saturated carbocycles. The highest BCUT2D eigenvalue weighted by atomic mass is 16.2. The number of nitrogens with zero attached hydrogens (tertiary/aromatic N) is 4. The van der Waals surface area contributed by atoms with E-state index in [4.69, 9.17) is 0 Å². The van der Waals surface area contributed by atoms with Crippen molar-refractivity contribution in [3.05, 3.63) is 18.1 Å². The molecule has 2 saturated heterocycles. The lowest BCUT2D eigenvalue weighted by molar-refractivity contribution is 0.189. The molecule has 0 bridgehead atoms. The summed E-state index contributed by atoms with van der Waals surface area (Å²) in [6.07, 6.45) is 6.74. The van der Waals surface area contributed by atoms with E-state index in [1.54, 1.807) is 6.33 Å². The molecule has 2 amide bonds. The Bertz CT molecular complexity index is 726. The maximum atomic E-state index is 12.0. The Morgan fingerprint density at radius 1 is 1.35 bits per heavy atom. The minimum absolute atomic E-state index is 0.0700. The highest BCUT2D eigenvalue weighted by Crippen LogP contribution is 2.29. The zero-order valence-electron chi connectivity index (χ0n) is 13.4. The Kier molecular flexibility index (Phi) is 3.55. The monoisotopic (exact) mass is 314 g/mol. The Labute approximate surface area is 135 Å². The van der Waals surface area contributed by atoms with Gasteiger partial charge in [0.15, 0.2) is 0 Å². The number of hydrogen-bond donors (Lipinski definition) is 2. The van der Waals surface area contributed by atoms with E-state index in [0.717, 1.165) is 62.3 Å². The summed E-state index contributed by atoms with van der Waals surface area (Å²) in [6.45, 7) is 5.53. The van der Waals surface area contributed by atoms with E-state index in [2.05, 4.69) is 32.1 Å². The van der Waals surface area contributed by atoms with Crippen molar-refractivity contribution in [2.75, 3.05) is 31.1 Å². The van der Waals surface area contributed by atoms with Gasteiger partial charge < -0.3 is 20.1 Å². The minimum atomic E-state index is 0.0700. The summed E-state index contributed by atoms with van der Waals surface area (Å²) < 4.78 is 0. The van der Waals surface area contributed by atoms with Gasteiger partial charge >= 0.3 is 6.03 Å². The van der Waals surface area contributed by atoms with E-state index < -0.39 is 0 Å². The van der Waals surface area contributed by atoms with Crippen molar-refractivity contribution >= 4 is 22.9 Å². The minimum Gasteiger partial charge on any atom is -0.354 e. The van der Waals surface area contributed by atoms with E-state index in [9.17, 15) is 4.79 Å². The summed E-state index contributed by atoms with van der Waals surface area (Å²) in [5, 5.41) is 4.03. The van der Waals surface area contributed by atoms with Crippen LogP contribution in [0.2, 0.25) is 0 Å². The van der Waals surface area contributed by atoms with Gasteiger partial charge in [0, 0.05) is 32.4 Å². The smallest absolute Gasteiger partial charge is 0.317 e. The lowest BCUT2D eigenvalue weighted by Gasteiger charge is -2.37. The predicted octanol–water partition coefficient (Wildman–Crippen LogP) is 1.51. The summed E-state index contributed by atoms with van der Waals surface area (Å²) in [7, 11) is 0. The third-order valence-corrected chi connectivity index (χ3v) is 4.94. The summed E-state index contributed by atoms with van der Waals surface area (Å²) in [5.41, 5.74) is 2.14. The predicted molar refractivity (Wildman–Crippen MR) is 88.6 cm³/mol. The largest absolute Gasteiger partial charge is 0.354 e. The SMILES string of the molecule is CCc1c[nH]c2ncnc(N3CCCC(N4CCNC4=O)C3)c12. The second-order valence-corrected chi connectivity index (χ2v) is 6.26. The molecule has 2 aliphatic rings. The van der Waals surface area contributed by atoms with E-state index in [0.29, 0.717) is 0 Å². The maximum Gasteiger partial charge on any atom is 0.317 e. The van der Waals surface area contributed by atoms with Gasteiger partial charge in [0.1, 0.15) is 17.8 Å². The Hall–Kier alpha value is -2.31. The molecule has 0 radical (unpaired) electrons. The van der Waals surface area contributed by atoms with Gasteiger partial charge in [-0.3, -0.25) is 0 Å². The zero-order chi connectivity index (χ0) is 15.8. The second-order valence-electron chi connectivity index (χ2n) is 6.26. The van der Waals surface area contributed by atoms with Crippen LogP contribution in [0.1, 0.15) is 25.3 Å². The van der Waals surface area contributed by atoms with Crippen molar-refractivity contribution in [2.24, 2.45) is 0 Å². The first-order valence-corrected chi connectivity index (χ1v) is 8.38. The maximum absolute atomic E-state index is 12.0. The van der Waals surface area contributed by atoms with E-state index in [-0.39, 0.29) is 12.1 Å². The molecule has 0 spiro atoms. The highest BCUT2D eigenvalue weighted by Gasteiger charge is 2.32. The molecular weight excluding hydrogens is 292 g/mol. The first-order chi connectivity index (χ1) is 11.3. The number of aryl methyl sites for hydroxylation is 1. The average Bonchev–Trinajstić information content (AvgIpc) is 3.20. The van der Waals surface area contributed by atoms with Gasteiger partial charge in [-0.1, -0.05) is 6.92 Å². The van der Waals surface area contributed by atoms with Crippen LogP contribution < -0.4 is 10.2 Å². The molecule has 7 nitrogen and oxygen atoms in total. The molecule has 2 aromatic heterocycles. The molecule has 2 fully saturated rings. The van der Waals surface area contributed by atoms with Gasteiger partial charge in [0.05, 0.1) is 11.4 Å². The number of rotatable bonds is 3. The molecule has 23 heavy (non-hydrogen) atoms. The van der Waals surface area contributed by atoms with Crippen LogP contribution in [0.5, 0.6) is 0 Å². The number of hydrogen-bond acceptors (Lipinski definition) is 4. The van der Waals surface area contributed by atoms with Crippen LogP contribution in [0.3, 0.4) is 0 Å². The molecule has 1 atom stereocenters. The molecular formula is C16H22N6O. The molecule has 2 aromatic rings. The molecule has 0 aliphatic carbocycles. The van der Waals surface area contributed by atoms with Gasteiger partial charge in [0.25, 0.3) is 0 Å².